The van der Waals surface area contributed by atoms with Crippen molar-refractivity contribution in [1.29, 1.82) is 0 Å². The Balaban J connectivity index is 2.06. The summed E-state index contributed by atoms with van der Waals surface area (Å²) in [6.45, 7) is 4.16. The standard InChI is InChI=1S/C18H28O4/c1-3-22-18(21)9-7-5-4-6-8-16(19)12-10-15-11-13-17(20)14(15)2/h10-16,19H,3-9H2,1-2H3/b12-10+/t14-,15+,16-/m1/s1. The average Bonchev–Trinajstić information content (AvgIpc) is 2.80. The number of ketones is 1. The summed E-state index contributed by atoms with van der Waals surface area (Å²) in [4.78, 5) is 22.5. The molecule has 0 aromatic carbocycles. The third-order valence-electron chi connectivity index (χ3n) is 4.00. The molecule has 0 spiro atoms. The zero-order chi connectivity index (χ0) is 16.4. The van der Waals surface area contributed by atoms with Gasteiger partial charge < -0.3 is 9.84 Å². The number of aliphatic hydroxyl groups excluding tert-OH is 1. The highest BCUT2D eigenvalue weighted by Crippen LogP contribution is 2.23. The van der Waals surface area contributed by atoms with E-state index in [-0.39, 0.29) is 23.6 Å². The van der Waals surface area contributed by atoms with Crippen LogP contribution >= 0.6 is 0 Å². The number of unbranched alkanes of at least 4 members (excludes halogenated alkanes) is 3. The van der Waals surface area contributed by atoms with Crippen LogP contribution in [0.3, 0.4) is 0 Å². The molecule has 0 fully saturated rings. The molecule has 0 aromatic rings. The van der Waals surface area contributed by atoms with Gasteiger partial charge in [-0.3, -0.25) is 9.59 Å². The normalized spacial score (nSPS) is 22.4. The van der Waals surface area contributed by atoms with Crippen molar-refractivity contribution in [1.82, 2.24) is 0 Å². The van der Waals surface area contributed by atoms with E-state index in [2.05, 4.69) is 0 Å². The minimum Gasteiger partial charge on any atom is -0.466 e. The van der Waals surface area contributed by atoms with Crippen LogP contribution in [0.25, 0.3) is 0 Å². The Hall–Kier alpha value is -1.42. The fourth-order valence-corrected chi connectivity index (χ4v) is 2.51. The third kappa shape index (κ3) is 7.03. The molecule has 0 bridgehead atoms. The zero-order valence-corrected chi connectivity index (χ0v) is 13.7. The Kier molecular flexibility index (Phi) is 8.75. The molecular formula is C18H28O4. The minimum absolute atomic E-state index is 0.00803. The molecule has 1 aliphatic rings. The predicted octanol–water partition coefficient (Wildman–Crippen LogP) is 3.20. The van der Waals surface area contributed by atoms with Crippen molar-refractivity contribution in [3.8, 4) is 0 Å². The Bertz CT molecular complexity index is 411. The molecule has 0 unspecified atom stereocenters. The van der Waals surface area contributed by atoms with Crippen LogP contribution in [-0.4, -0.2) is 29.6 Å². The van der Waals surface area contributed by atoms with Crippen LogP contribution < -0.4 is 0 Å². The predicted molar refractivity (Wildman–Crippen MR) is 86.3 cm³/mol. The molecular weight excluding hydrogens is 280 g/mol. The lowest BCUT2D eigenvalue weighted by Gasteiger charge is -2.10. The summed E-state index contributed by atoms with van der Waals surface area (Å²) in [6, 6.07) is 0. The second-order valence-corrected chi connectivity index (χ2v) is 5.84. The summed E-state index contributed by atoms with van der Waals surface area (Å²) in [7, 11) is 0. The van der Waals surface area contributed by atoms with Crippen LogP contribution in [-0.2, 0) is 14.3 Å². The van der Waals surface area contributed by atoms with Crippen molar-refractivity contribution in [3.05, 3.63) is 24.3 Å². The first-order chi connectivity index (χ1) is 10.5. The van der Waals surface area contributed by atoms with Gasteiger partial charge in [-0.25, -0.2) is 0 Å². The molecule has 4 heteroatoms. The number of aliphatic hydroxyl groups is 1. The van der Waals surface area contributed by atoms with Gasteiger partial charge in [0.2, 0.25) is 0 Å². The van der Waals surface area contributed by atoms with Gasteiger partial charge in [0.15, 0.2) is 5.78 Å². The first-order valence-corrected chi connectivity index (χ1v) is 8.28. The molecule has 0 aliphatic heterocycles. The maximum Gasteiger partial charge on any atom is 0.305 e. The summed E-state index contributed by atoms with van der Waals surface area (Å²) in [5.74, 6) is 0.141. The van der Waals surface area contributed by atoms with Gasteiger partial charge in [-0.2, -0.15) is 0 Å². The van der Waals surface area contributed by atoms with Gasteiger partial charge in [-0.15, -0.1) is 0 Å². The van der Waals surface area contributed by atoms with Gasteiger partial charge in [-0.1, -0.05) is 44.4 Å². The molecule has 0 amide bonds. The van der Waals surface area contributed by atoms with Crippen LogP contribution in [0.2, 0.25) is 0 Å². The van der Waals surface area contributed by atoms with E-state index >= 15 is 0 Å². The number of ether oxygens (including phenoxy) is 1. The maximum atomic E-state index is 11.4. The lowest BCUT2D eigenvalue weighted by molar-refractivity contribution is -0.143. The summed E-state index contributed by atoms with van der Waals surface area (Å²) in [5, 5.41) is 9.91. The maximum absolute atomic E-state index is 11.4. The second kappa shape index (κ2) is 10.3. The Morgan fingerprint density at radius 3 is 2.73 bits per heavy atom. The number of esters is 1. The topological polar surface area (TPSA) is 63.6 Å². The summed E-state index contributed by atoms with van der Waals surface area (Å²) >= 11 is 0. The van der Waals surface area contributed by atoms with Crippen LogP contribution in [0.15, 0.2) is 24.3 Å². The van der Waals surface area contributed by atoms with Gasteiger partial charge in [0.25, 0.3) is 0 Å². The number of hydrogen-bond acceptors (Lipinski definition) is 4. The second-order valence-electron chi connectivity index (χ2n) is 5.84. The Morgan fingerprint density at radius 1 is 1.36 bits per heavy atom. The highest BCUT2D eigenvalue weighted by Gasteiger charge is 2.23. The quantitative estimate of drug-likeness (QED) is 0.382. The van der Waals surface area contributed by atoms with Gasteiger partial charge >= 0.3 is 5.97 Å². The number of carbonyl (C=O) groups excluding carboxylic acids is 2. The SMILES string of the molecule is CCOC(=O)CCCCCC[C@@H](O)/C=C/[C@H]1C=CC(=O)[C@@H]1C. The molecule has 1 aliphatic carbocycles. The first kappa shape index (κ1) is 18.6. The molecule has 1 rings (SSSR count). The Morgan fingerprint density at radius 2 is 2.09 bits per heavy atom. The van der Waals surface area contributed by atoms with Crippen LogP contribution in [0.5, 0.6) is 0 Å². The lowest BCUT2D eigenvalue weighted by Crippen LogP contribution is -2.10. The molecule has 0 saturated heterocycles. The molecule has 1 N–H and O–H groups in total. The van der Waals surface area contributed by atoms with Crippen molar-refractivity contribution in [2.24, 2.45) is 11.8 Å². The van der Waals surface area contributed by atoms with Gasteiger partial charge in [-0.05, 0) is 25.8 Å². The fourth-order valence-electron chi connectivity index (χ4n) is 2.51. The van der Waals surface area contributed by atoms with Crippen LogP contribution in [0.4, 0.5) is 0 Å². The van der Waals surface area contributed by atoms with Gasteiger partial charge in [0, 0.05) is 18.3 Å². The van der Waals surface area contributed by atoms with E-state index in [9.17, 15) is 14.7 Å². The third-order valence-corrected chi connectivity index (χ3v) is 4.00. The molecule has 0 saturated carbocycles. The summed E-state index contributed by atoms with van der Waals surface area (Å²) < 4.78 is 4.87. The van der Waals surface area contributed by atoms with E-state index in [0.29, 0.717) is 19.4 Å². The van der Waals surface area contributed by atoms with Crippen LogP contribution in [0, 0.1) is 11.8 Å². The zero-order valence-electron chi connectivity index (χ0n) is 13.7. The van der Waals surface area contributed by atoms with E-state index in [4.69, 9.17) is 4.74 Å². The number of carbonyl (C=O) groups is 2. The van der Waals surface area contributed by atoms with Crippen molar-refractivity contribution in [2.45, 2.75) is 58.5 Å². The molecule has 22 heavy (non-hydrogen) atoms. The van der Waals surface area contributed by atoms with Crippen molar-refractivity contribution < 1.29 is 19.4 Å². The van der Waals surface area contributed by atoms with Crippen LogP contribution in [0.1, 0.15) is 52.4 Å². The highest BCUT2D eigenvalue weighted by atomic mass is 16.5. The first-order valence-electron chi connectivity index (χ1n) is 8.28. The number of rotatable bonds is 10. The largest absolute Gasteiger partial charge is 0.466 e. The van der Waals surface area contributed by atoms with Gasteiger partial charge in [0.1, 0.15) is 0 Å². The minimum atomic E-state index is -0.457. The average molecular weight is 308 g/mol. The lowest BCUT2D eigenvalue weighted by atomic mass is 9.96. The molecule has 4 nitrogen and oxygen atoms in total. The van der Waals surface area contributed by atoms with E-state index in [1.165, 1.54) is 0 Å². The summed E-state index contributed by atoms with van der Waals surface area (Å²) in [5.41, 5.74) is 0. The Labute approximate surface area is 133 Å². The van der Waals surface area contributed by atoms with E-state index in [1.54, 1.807) is 12.2 Å². The number of allylic oxidation sites excluding steroid dienone is 3. The van der Waals surface area contributed by atoms with E-state index in [1.807, 2.05) is 26.0 Å². The van der Waals surface area contributed by atoms with Gasteiger partial charge in [0.05, 0.1) is 12.7 Å². The fraction of sp³-hybridized carbons (Fsp3) is 0.667. The van der Waals surface area contributed by atoms with E-state index < -0.39 is 6.10 Å². The van der Waals surface area contributed by atoms with Crippen molar-refractivity contribution >= 4 is 11.8 Å². The smallest absolute Gasteiger partial charge is 0.305 e. The molecule has 3 atom stereocenters. The van der Waals surface area contributed by atoms with E-state index in [0.717, 1.165) is 25.7 Å². The highest BCUT2D eigenvalue weighted by molar-refractivity contribution is 5.94. The molecule has 124 valence electrons. The molecule has 0 radical (unpaired) electrons. The van der Waals surface area contributed by atoms with Crippen molar-refractivity contribution in [3.63, 3.8) is 0 Å². The summed E-state index contributed by atoms with van der Waals surface area (Å²) in [6.07, 6.45) is 11.7. The van der Waals surface area contributed by atoms with Crippen molar-refractivity contribution in [2.75, 3.05) is 6.61 Å². The monoisotopic (exact) mass is 308 g/mol. The molecule has 0 heterocycles. The molecule has 0 aromatic heterocycles. The number of hydrogen-bond donors (Lipinski definition) is 1.